The lowest BCUT2D eigenvalue weighted by Gasteiger charge is -2.33. The molecule has 2 heteroatoms. The Morgan fingerprint density at radius 1 is 1.33 bits per heavy atom. The second-order valence-corrected chi connectivity index (χ2v) is 5.24. The fraction of sp³-hybridized carbons (Fsp3) is 1.00. The smallest absolute Gasteiger partial charge is 0.0195 e. The summed E-state index contributed by atoms with van der Waals surface area (Å²) in [4.78, 5) is 2.70. The molecule has 0 amide bonds. The summed E-state index contributed by atoms with van der Waals surface area (Å²) >= 11 is 0. The van der Waals surface area contributed by atoms with Crippen molar-refractivity contribution in [2.24, 2.45) is 5.92 Å². The molecular formula is C13H28N2. The van der Waals surface area contributed by atoms with Crippen molar-refractivity contribution in [2.75, 3.05) is 19.6 Å². The van der Waals surface area contributed by atoms with Crippen molar-refractivity contribution in [3.8, 4) is 0 Å². The summed E-state index contributed by atoms with van der Waals surface area (Å²) in [7, 11) is 0. The Kier molecular flexibility index (Phi) is 5.62. The minimum atomic E-state index is 0.700. The number of likely N-dealkylation sites (tertiary alicyclic amines) is 1. The van der Waals surface area contributed by atoms with Gasteiger partial charge in [-0.1, -0.05) is 20.8 Å². The van der Waals surface area contributed by atoms with E-state index in [0.717, 1.165) is 25.0 Å². The lowest BCUT2D eigenvalue weighted by molar-refractivity contribution is 0.153. The summed E-state index contributed by atoms with van der Waals surface area (Å²) < 4.78 is 0. The lowest BCUT2D eigenvalue weighted by Crippen LogP contribution is -2.45. The summed E-state index contributed by atoms with van der Waals surface area (Å²) in [6.07, 6.45) is 4.02. The van der Waals surface area contributed by atoms with Crippen LogP contribution >= 0.6 is 0 Å². The summed E-state index contributed by atoms with van der Waals surface area (Å²) in [5, 5.41) is 3.53. The van der Waals surface area contributed by atoms with Gasteiger partial charge in [-0.2, -0.15) is 0 Å². The number of rotatable bonds is 6. The molecule has 0 aromatic heterocycles. The Morgan fingerprint density at radius 3 is 2.67 bits per heavy atom. The minimum absolute atomic E-state index is 0.700. The molecule has 1 aliphatic rings. The molecule has 1 fully saturated rings. The van der Waals surface area contributed by atoms with Crippen LogP contribution in [0.3, 0.4) is 0 Å². The van der Waals surface area contributed by atoms with Crippen LogP contribution < -0.4 is 5.32 Å². The van der Waals surface area contributed by atoms with E-state index in [-0.39, 0.29) is 0 Å². The van der Waals surface area contributed by atoms with Gasteiger partial charge >= 0.3 is 0 Å². The Morgan fingerprint density at radius 2 is 2.07 bits per heavy atom. The van der Waals surface area contributed by atoms with Crippen molar-refractivity contribution >= 4 is 0 Å². The fourth-order valence-electron chi connectivity index (χ4n) is 2.68. The van der Waals surface area contributed by atoms with Crippen LogP contribution in [0.5, 0.6) is 0 Å². The van der Waals surface area contributed by atoms with Crippen LogP contribution in [0, 0.1) is 5.92 Å². The molecule has 0 spiro atoms. The quantitative estimate of drug-likeness (QED) is 0.681. The van der Waals surface area contributed by atoms with E-state index in [1.165, 1.54) is 25.8 Å². The zero-order valence-corrected chi connectivity index (χ0v) is 10.9. The van der Waals surface area contributed by atoms with Crippen LogP contribution in [-0.4, -0.2) is 36.6 Å². The third-order valence-corrected chi connectivity index (χ3v) is 3.54. The summed E-state index contributed by atoms with van der Waals surface area (Å²) in [5.74, 6) is 0.807. The zero-order chi connectivity index (χ0) is 11.3. The second kappa shape index (κ2) is 6.49. The minimum Gasteiger partial charge on any atom is -0.315 e. The van der Waals surface area contributed by atoms with E-state index in [1.54, 1.807) is 0 Å². The van der Waals surface area contributed by atoms with Gasteiger partial charge in [0.15, 0.2) is 0 Å². The van der Waals surface area contributed by atoms with Gasteiger partial charge in [0, 0.05) is 18.6 Å². The molecule has 1 rings (SSSR count). The molecule has 0 radical (unpaired) electrons. The van der Waals surface area contributed by atoms with Crippen molar-refractivity contribution in [3.05, 3.63) is 0 Å². The Balaban J connectivity index is 2.33. The predicted octanol–water partition coefficient (Wildman–Crippen LogP) is 2.49. The highest BCUT2D eigenvalue weighted by molar-refractivity contribution is 4.85. The second-order valence-electron chi connectivity index (χ2n) is 5.24. The van der Waals surface area contributed by atoms with Gasteiger partial charge in [0.1, 0.15) is 0 Å². The van der Waals surface area contributed by atoms with E-state index in [4.69, 9.17) is 0 Å². The summed E-state index contributed by atoms with van der Waals surface area (Å²) in [6, 6.07) is 1.52. The van der Waals surface area contributed by atoms with Gasteiger partial charge in [0.25, 0.3) is 0 Å². The maximum absolute atomic E-state index is 3.53. The number of hydrogen-bond acceptors (Lipinski definition) is 2. The van der Waals surface area contributed by atoms with Crippen LogP contribution in [0.15, 0.2) is 0 Å². The Labute approximate surface area is 95.4 Å². The van der Waals surface area contributed by atoms with Gasteiger partial charge in [-0.25, -0.2) is 0 Å². The van der Waals surface area contributed by atoms with Crippen molar-refractivity contribution < 1.29 is 0 Å². The molecule has 0 saturated carbocycles. The maximum Gasteiger partial charge on any atom is 0.0195 e. The third kappa shape index (κ3) is 3.76. The molecule has 90 valence electrons. The van der Waals surface area contributed by atoms with Gasteiger partial charge in [0.05, 0.1) is 0 Å². The van der Waals surface area contributed by atoms with E-state index in [1.807, 2.05) is 0 Å². The number of hydrogen-bond donors (Lipinski definition) is 1. The van der Waals surface area contributed by atoms with Crippen LogP contribution in [0.25, 0.3) is 0 Å². The highest BCUT2D eigenvalue weighted by atomic mass is 15.2. The molecule has 1 heterocycles. The van der Waals surface area contributed by atoms with Gasteiger partial charge in [-0.15, -0.1) is 0 Å². The molecule has 0 aromatic carbocycles. The molecule has 0 aromatic rings. The zero-order valence-electron chi connectivity index (χ0n) is 10.9. The van der Waals surface area contributed by atoms with Crippen molar-refractivity contribution in [1.82, 2.24) is 10.2 Å². The van der Waals surface area contributed by atoms with Gasteiger partial charge < -0.3 is 5.32 Å². The third-order valence-electron chi connectivity index (χ3n) is 3.54. The standard InChI is InChI=1S/C13H28N2/c1-5-8-14-10-12(4)15-9-6-7-13(15)11(2)3/h11-14H,5-10H2,1-4H3. The van der Waals surface area contributed by atoms with Crippen LogP contribution in [0.2, 0.25) is 0 Å². The van der Waals surface area contributed by atoms with Gasteiger partial charge in [-0.3, -0.25) is 4.90 Å². The monoisotopic (exact) mass is 212 g/mol. The highest BCUT2D eigenvalue weighted by Crippen LogP contribution is 2.25. The molecule has 1 aliphatic heterocycles. The first-order chi connectivity index (χ1) is 7.16. The largest absolute Gasteiger partial charge is 0.315 e. The fourth-order valence-corrected chi connectivity index (χ4v) is 2.68. The molecule has 2 atom stereocenters. The maximum atomic E-state index is 3.53. The topological polar surface area (TPSA) is 15.3 Å². The number of nitrogens with zero attached hydrogens (tertiary/aromatic N) is 1. The van der Waals surface area contributed by atoms with Crippen molar-refractivity contribution in [1.29, 1.82) is 0 Å². The molecular weight excluding hydrogens is 184 g/mol. The SMILES string of the molecule is CCCNCC(C)N1CCCC1C(C)C. The summed E-state index contributed by atoms with van der Waals surface area (Å²) in [6.45, 7) is 12.9. The molecule has 1 saturated heterocycles. The van der Waals surface area contributed by atoms with Gasteiger partial charge in [0.2, 0.25) is 0 Å². The average Bonchev–Trinajstić information content (AvgIpc) is 2.66. The van der Waals surface area contributed by atoms with E-state index in [9.17, 15) is 0 Å². The lowest BCUT2D eigenvalue weighted by atomic mass is 10.0. The summed E-state index contributed by atoms with van der Waals surface area (Å²) in [5.41, 5.74) is 0. The normalized spacial score (nSPS) is 25.0. The van der Waals surface area contributed by atoms with Crippen LogP contribution in [0.1, 0.15) is 47.0 Å². The molecule has 2 nitrogen and oxygen atoms in total. The van der Waals surface area contributed by atoms with Crippen LogP contribution in [0.4, 0.5) is 0 Å². The molecule has 0 aliphatic carbocycles. The Bertz CT molecular complexity index is 168. The van der Waals surface area contributed by atoms with Gasteiger partial charge in [-0.05, 0) is 45.2 Å². The average molecular weight is 212 g/mol. The van der Waals surface area contributed by atoms with Crippen molar-refractivity contribution in [3.63, 3.8) is 0 Å². The number of nitrogens with one attached hydrogen (secondary N) is 1. The first kappa shape index (κ1) is 13.0. The first-order valence-electron chi connectivity index (χ1n) is 6.63. The Hall–Kier alpha value is -0.0800. The molecule has 1 N–H and O–H groups in total. The van der Waals surface area contributed by atoms with E-state index < -0.39 is 0 Å². The van der Waals surface area contributed by atoms with Crippen molar-refractivity contribution in [2.45, 2.75) is 59.0 Å². The first-order valence-corrected chi connectivity index (χ1v) is 6.63. The predicted molar refractivity (Wildman–Crippen MR) is 67.2 cm³/mol. The molecule has 2 unspecified atom stereocenters. The molecule has 0 bridgehead atoms. The van der Waals surface area contributed by atoms with E-state index in [0.29, 0.717) is 6.04 Å². The van der Waals surface area contributed by atoms with E-state index in [2.05, 4.69) is 37.9 Å². The van der Waals surface area contributed by atoms with Crippen LogP contribution in [-0.2, 0) is 0 Å². The van der Waals surface area contributed by atoms with E-state index >= 15 is 0 Å². The highest BCUT2D eigenvalue weighted by Gasteiger charge is 2.29. The molecule has 15 heavy (non-hydrogen) atoms.